The number of esters is 1. The van der Waals surface area contributed by atoms with Gasteiger partial charge in [0.1, 0.15) is 6.10 Å². The molecule has 0 saturated carbocycles. The normalized spacial score (nSPS) is 22.9. The molecule has 5 rings (SSSR count). The minimum atomic E-state index is -0.748. The van der Waals surface area contributed by atoms with Gasteiger partial charge in [0.2, 0.25) is 12.5 Å². The Kier molecular flexibility index (Phi) is 6.87. The number of aromatic hydroxyl groups is 1. The number of carbonyl (C=O) groups is 2. The Morgan fingerprint density at radius 3 is 2.21 bits per heavy atom. The van der Waals surface area contributed by atoms with Crippen molar-refractivity contribution in [2.24, 2.45) is 11.8 Å². The van der Waals surface area contributed by atoms with Crippen LogP contribution in [0, 0.1) is 11.8 Å². The second-order valence-electron chi connectivity index (χ2n) is 9.93. The summed E-state index contributed by atoms with van der Waals surface area (Å²) in [5.74, 6) is -0.664. The molecule has 0 unspecified atom stereocenters. The first-order valence-electron chi connectivity index (χ1n) is 12.3. The number of benzene rings is 2. The third kappa shape index (κ3) is 4.40. The molecule has 3 aliphatic rings. The van der Waals surface area contributed by atoms with Crippen molar-refractivity contribution in [1.82, 2.24) is 9.80 Å². The van der Waals surface area contributed by atoms with Crippen molar-refractivity contribution in [1.29, 1.82) is 0 Å². The van der Waals surface area contributed by atoms with Gasteiger partial charge in [-0.25, -0.2) is 4.79 Å². The molecule has 1 fully saturated rings. The molecule has 2 aromatic rings. The highest BCUT2D eigenvalue weighted by atomic mass is 16.7. The summed E-state index contributed by atoms with van der Waals surface area (Å²) in [5.41, 5.74) is 2.12. The number of carbonyl (C=O) groups excluding carboxylic acids is 2. The van der Waals surface area contributed by atoms with Crippen LogP contribution in [-0.4, -0.2) is 88.8 Å². The average Bonchev–Trinajstić information content (AvgIpc) is 3.52. The summed E-state index contributed by atoms with van der Waals surface area (Å²) in [4.78, 5) is 29.8. The van der Waals surface area contributed by atoms with Crippen LogP contribution in [0.3, 0.4) is 0 Å². The molecular formula is C27H32N2O9. The van der Waals surface area contributed by atoms with Gasteiger partial charge < -0.3 is 43.3 Å². The lowest BCUT2D eigenvalue weighted by atomic mass is 9.66. The lowest BCUT2D eigenvalue weighted by Crippen LogP contribution is -2.40. The summed E-state index contributed by atoms with van der Waals surface area (Å²) in [7, 11) is 8.43. The van der Waals surface area contributed by atoms with E-state index in [1.165, 1.54) is 19.1 Å². The zero-order valence-corrected chi connectivity index (χ0v) is 22.1. The van der Waals surface area contributed by atoms with E-state index in [1.807, 2.05) is 31.1 Å². The molecule has 1 aliphatic carbocycles. The third-order valence-electron chi connectivity index (χ3n) is 7.40. The highest BCUT2D eigenvalue weighted by molar-refractivity contribution is 5.79. The largest absolute Gasteiger partial charge is 0.502 e. The molecule has 1 N–H and O–H groups in total. The van der Waals surface area contributed by atoms with Crippen LogP contribution in [0.25, 0.3) is 0 Å². The second kappa shape index (κ2) is 10.1. The fourth-order valence-corrected chi connectivity index (χ4v) is 5.40. The van der Waals surface area contributed by atoms with E-state index in [-0.39, 0.29) is 30.6 Å². The van der Waals surface area contributed by atoms with Gasteiger partial charge in [-0.05, 0) is 49.5 Å². The number of phenols is 1. The highest BCUT2D eigenvalue weighted by Crippen LogP contribution is 2.56. The van der Waals surface area contributed by atoms with E-state index in [4.69, 9.17) is 28.4 Å². The Hall–Kier alpha value is -3.86. The van der Waals surface area contributed by atoms with Gasteiger partial charge in [-0.3, -0.25) is 4.79 Å². The van der Waals surface area contributed by atoms with Crippen LogP contribution in [0.4, 0.5) is 4.79 Å². The highest BCUT2D eigenvalue weighted by Gasteiger charge is 2.54. The summed E-state index contributed by atoms with van der Waals surface area (Å²) in [6.45, 7) is 1.31. The summed E-state index contributed by atoms with van der Waals surface area (Å²) < 4.78 is 33.7. The summed E-state index contributed by atoms with van der Waals surface area (Å²) in [5, 5.41) is 10.5. The first kappa shape index (κ1) is 25.8. The van der Waals surface area contributed by atoms with Crippen LogP contribution in [0.1, 0.15) is 28.7 Å². The topological polar surface area (TPSA) is 116 Å². The first-order valence-corrected chi connectivity index (χ1v) is 12.3. The minimum Gasteiger partial charge on any atom is -0.502 e. The predicted octanol–water partition coefficient (Wildman–Crippen LogP) is 2.74. The van der Waals surface area contributed by atoms with Gasteiger partial charge in [-0.15, -0.1) is 0 Å². The first-order chi connectivity index (χ1) is 18.2. The second-order valence-corrected chi connectivity index (χ2v) is 9.93. The molecule has 2 aliphatic heterocycles. The fourth-order valence-electron chi connectivity index (χ4n) is 5.40. The maximum Gasteiger partial charge on any atom is 0.410 e. The Labute approximate surface area is 220 Å². The fraction of sp³-hybridized carbons (Fsp3) is 0.481. The molecule has 4 atom stereocenters. The predicted molar refractivity (Wildman–Crippen MR) is 134 cm³/mol. The van der Waals surface area contributed by atoms with E-state index in [1.54, 1.807) is 19.2 Å². The minimum absolute atomic E-state index is 0.0658. The van der Waals surface area contributed by atoms with Gasteiger partial charge in [0.25, 0.3) is 0 Å². The number of nitrogens with zero attached hydrogens (tertiary/aromatic N) is 2. The number of phenolic OH excluding ortho intramolecular Hbond substituents is 1. The quantitative estimate of drug-likeness (QED) is 0.538. The van der Waals surface area contributed by atoms with E-state index in [0.717, 1.165) is 5.56 Å². The van der Waals surface area contributed by atoms with E-state index in [2.05, 4.69) is 0 Å². The molecule has 0 spiro atoms. The summed E-state index contributed by atoms with van der Waals surface area (Å²) >= 11 is 0. The lowest BCUT2D eigenvalue weighted by molar-refractivity contribution is -0.141. The molecule has 0 aromatic heterocycles. The number of fused-ring (bicyclic) bond motifs is 3. The number of methoxy groups -OCH3 is 2. The zero-order valence-electron chi connectivity index (χ0n) is 22.1. The van der Waals surface area contributed by atoms with Crippen molar-refractivity contribution in [2.45, 2.75) is 12.0 Å². The van der Waals surface area contributed by atoms with Crippen molar-refractivity contribution < 1.29 is 43.1 Å². The number of ether oxygens (including phenoxy) is 6. The van der Waals surface area contributed by atoms with Crippen molar-refractivity contribution in [3.63, 3.8) is 0 Å². The van der Waals surface area contributed by atoms with Crippen LogP contribution >= 0.6 is 0 Å². The van der Waals surface area contributed by atoms with Gasteiger partial charge in [-0.2, -0.15) is 0 Å². The van der Waals surface area contributed by atoms with Crippen LogP contribution in [0.2, 0.25) is 0 Å². The van der Waals surface area contributed by atoms with Crippen LogP contribution in [0.5, 0.6) is 28.7 Å². The number of hydrogen-bond donors (Lipinski definition) is 1. The number of hydrogen-bond acceptors (Lipinski definition) is 10. The van der Waals surface area contributed by atoms with E-state index < -0.39 is 35.9 Å². The molecule has 38 heavy (non-hydrogen) atoms. The number of likely N-dealkylation sites (N-methyl/N-ethyl adjacent to an activating group) is 2. The van der Waals surface area contributed by atoms with Gasteiger partial charge in [0.15, 0.2) is 23.0 Å². The molecule has 11 nitrogen and oxygen atoms in total. The van der Waals surface area contributed by atoms with Crippen molar-refractivity contribution >= 4 is 12.1 Å². The molecular weight excluding hydrogens is 496 g/mol. The Morgan fingerprint density at radius 1 is 0.974 bits per heavy atom. The molecule has 204 valence electrons. The third-order valence-corrected chi connectivity index (χ3v) is 7.40. The van der Waals surface area contributed by atoms with Gasteiger partial charge in [-0.1, -0.05) is 0 Å². The van der Waals surface area contributed by atoms with Crippen molar-refractivity contribution in [3.05, 3.63) is 41.0 Å². The maximum absolute atomic E-state index is 13.2. The Balaban J connectivity index is 1.62. The smallest absolute Gasteiger partial charge is 0.410 e. The number of rotatable bonds is 7. The van der Waals surface area contributed by atoms with Crippen molar-refractivity contribution in [3.8, 4) is 28.7 Å². The molecule has 2 heterocycles. The standard InChI is InChI=1S/C27H32N2O9/c1-28(2)6-7-29(3)27(32)38-25-16-11-19-18(36-13-37-19)10-15(16)22(23-17(25)12-35-26(23)31)14-8-20(33-4)24(30)21(9-14)34-5/h8-11,17,22-23,25,30H,6-7,12-13H2,1-5H3/t17-,22-,23+,25-/m1/s1. The Bertz CT molecular complexity index is 1220. The van der Waals surface area contributed by atoms with Gasteiger partial charge >= 0.3 is 12.1 Å². The Morgan fingerprint density at radius 2 is 1.61 bits per heavy atom. The zero-order chi connectivity index (χ0) is 27.1. The van der Waals surface area contributed by atoms with E-state index in [9.17, 15) is 14.7 Å². The molecule has 2 aromatic carbocycles. The summed E-state index contributed by atoms with van der Waals surface area (Å²) in [6, 6.07) is 7.00. The lowest BCUT2D eigenvalue weighted by Gasteiger charge is -2.39. The summed E-state index contributed by atoms with van der Waals surface area (Å²) in [6.07, 6.45) is -1.24. The van der Waals surface area contributed by atoms with Crippen LogP contribution < -0.4 is 18.9 Å². The molecule has 0 radical (unpaired) electrons. The monoisotopic (exact) mass is 528 g/mol. The average molecular weight is 529 g/mol. The number of cyclic esters (lactones) is 1. The van der Waals surface area contributed by atoms with Crippen LogP contribution in [0.15, 0.2) is 24.3 Å². The van der Waals surface area contributed by atoms with Gasteiger partial charge in [0.05, 0.1) is 26.7 Å². The SMILES string of the molecule is COc1cc([C@@H]2c3cc4c(cc3[C@@H](OC(=O)N(C)CCN(C)C)[C@@H]3COC(=O)[C@H]23)OCO4)cc(OC)c1O. The van der Waals surface area contributed by atoms with E-state index >= 15 is 0 Å². The molecule has 0 bridgehead atoms. The van der Waals surface area contributed by atoms with Crippen LogP contribution in [-0.2, 0) is 14.3 Å². The van der Waals surface area contributed by atoms with E-state index in [0.29, 0.717) is 35.7 Å². The molecule has 1 amide bonds. The number of amides is 1. The van der Waals surface area contributed by atoms with Crippen molar-refractivity contribution in [2.75, 3.05) is 61.9 Å². The van der Waals surface area contributed by atoms with Gasteiger partial charge in [0, 0.05) is 37.5 Å². The maximum atomic E-state index is 13.2. The molecule has 11 heteroatoms. The molecule has 1 saturated heterocycles.